The Labute approximate surface area is 161 Å². The van der Waals surface area contributed by atoms with Gasteiger partial charge in [0.2, 0.25) is 15.8 Å². The third-order valence-corrected chi connectivity index (χ3v) is 5.60. The van der Waals surface area contributed by atoms with Crippen LogP contribution in [0.2, 0.25) is 0 Å². The minimum Gasteiger partial charge on any atom is -0.287 e. The van der Waals surface area contributed by atoms with Crippen LogP contribution in [0.15, 0.2) is 95.9 Å². The average Bonchev–Trinajstić information content (AvgIpc) is 2.73. The summed E-state index contributed by atoms with van der Waals surface area (Å²) in [6.45, 7) is 0. The average molecular weight is 401 g/mol. The summed E-state index contributed by atoms with van der Waals surface area (Å²) in [6, 6.07) is 19.5. The number of rotatable bonds is 7. The normalized spacial score (nSPS) is 13.1. The van der Waals surface area contributed by atoms with E-state index in [1.165, 1.54) is 72.8 Å². The highest BCUT2D eigenvalue weighted by molar-refractivity contribution is 7.89. The van der Waals surface area contributed by atoms with Gasteiger partial charge in [0, 0.05) is 5.56 Å². The summed E-state index contributed by atoms with van der Waals surface area (Å²) in [4.78, 5) is 12.4. The van der Waals surface area contributed by atoms with E-state index in [1.807, 2.05) is 4.72 Å². The van der Waals surface area contributed by atoms with E-state index >= 15 is 8.78 Å². The zero-order chi connectivity index (χ0) is 20.2. The molecule has 0 aliphatic carbocycles. The number of nitrogens with one attached hydrogen (secondary N) is 1. The summed E-state index contributed by atoms with van der Waals surface area (Å²) in [5.41, 5.74) is -0.219. The largest absolute Gasteiger partial charge is 0.329 e. The SMILES string of the molecule is O=C(c1ccccc1)C(F)(F)C(NS(=O)(=O)c1ccccc1)c1ccccc1. The second kappa shape index (κ2) is 8.00. The Kier molecular flexibility index (Phi) is 5.67. The molecule has 0 saturated heterocycles. The Morgan fingerprint density at radius 2 is 1.25 bits per heavy atom. The highest BCUT2D eigenvalue weighted by Gasteiger charge is 2.49. The van der Waals surface area contributed by atoms with Gasteiger partial charge in [0.05, 0.1) is 4.90 Å². The lowest BCUT2D eigenvalue weighted by atomic mass is 9.95. The summed E-state index contributed by atoms with van der Waals surface area (Å²) in [5.74, 6) is -5.47. The van der Waals surface area contributed by atoms with Crippen molar-refractivity contribution in [2.75, 3.05) is 0 Å². The maximum Gasteiger partial charge on any atom is 0.329 e. The molecule has 0 aromatic heterocycles. The molecule has 0 bridgehead atoms. The van der Waals surface area contributed by atoms with Crippen molar-refractivity contribution in [1.29, 1.82) is 0 Å². The van der Waals surface area contributed by atoms with E-state index in [4.69, 9.17) is 0 Å². The van der Waals surface area contributed by atoms with Crippen molar-refractivity contribution < 1.29 is 22.0 Å². The van der Waals surface area contributed by atoms with Crippen molar-refractivity contribution in [3.05, 3.63) is 102 Å². The number of hydrogen-bond donors (Lipinski definition) is 1. The first-order valence-corrected chi connectivity index (χ1v) is 9.90. The van der Waals surface area contributed by atoms with Crippen molar-refractivity contribution >= 4 is 15.8 Å². The maximum absolute atomic E-state index is 15.2. The second-order valence-corrected chi connectivity index (χ2v) is 7.81. The zero-order valence-electron chi connectivity index (χ0n) is 14.6. The highest BCUT2D eigenvalue weighted by Crippen LogP contribution is 2.35. The van der Waals surface area contributed by atoms with Gasteiger partial charge >= 0.3 is 5.92 Å². The molecule has 0 fully saturated rings. The second-order valence-electron chi connectivity index (χ2n) is 6.10. The molecule has 0 radical (unpaired) electrons. The van der Waals surface area contributed by atoms with Gasteiger partial charge in [0.15, 0.2) is 0 Å². The topological polar surface area (TPSA) is 63.2 Å². The van der Waals surface area contributed by atoms with Gasteiger partial charge in [-0.2, -0.15) is 13.5 Å². The minimum absolute atomic E-state index is 0.0173. The molecule has 1 atom stereocenters. The molecule has 3 aromatic carbocycles. The van der Waals surface area contributed by atoms with Crippen LogP contribution >= 0.6 is 0 Å². The highest BCUT2D eigenvalue weighted by atomic mass is 32.2. The van der Waals surface area contributed by atoms with Crippen LogP contribution in [0.1, 0.15) is 22.0 Å². The molecule has 1 N–H and O–H groups in total. The number of benzene rings is 3. The molecule has 28 heavy (non-hydrogen) atoms. The van der Waals surface area contributed by atoms with Crippen molar-refractivity contribution in [2.24, 2.45) is 0 Å². The smallest absolute Gasteiger partial charge is 0.287 e. The fourth-order valence-corrected chi connectivity index (χ4v) is 3.98. The molecule has 0 spiro atoms. The van der Waals surface area contributed by atoms with E-state index in [0.717, 1.165) is 0 Å². The Balaban J connectivity index is 2.04. The van der Waals surface area contributed by atoms with Gasteiger partial charge in [-0.05, 0) is 17.7 Å². The van der Waals surface area contributed by atoms with Crippen LogP contribution in [0, 0.1) is 0 Å². The standard InChI is InChI=1S/C21H17F2NO3S/c22-21(23,20(25)17-12-6-2-7-13-17)19(16-10-4-1-5-11-16)24-28(26,27)18-14-8-3-9-15-18/h1-15,19,24H. The molecule has 1 unspecified atom stereocenters. The predicted molar refractivity (Wildman–Crippen MR) is 102 cm³/mol. The fourth-order valence-electron chi connectivity index (χ4n) is 2.73. The van der Waals surface area contributed by atoms with Crippen molar-refractivity contribution in [3.8, 4) is 0 Å². The molecule has 0 heterocycles. The quantitative estimate of drug-likeness (QED) is 0.603. The van der Waals surface area contributed by atoms with Crippen molar-refractivity contribution in [2.45, 2.75) is 16.9 Å². The molecule has 0 amide bonds. The summed E-state index contributed by atoms with van der Waals surface area (Å²) in [7, 11) is -4.29. The Morgan fingerprint density at radius 3 is 1.79 bits per heavy atom. The van der Waals surface area contributed by atoms with Gasteiger partial charge in [-0.25, -0.2) is 8.42 Å². The third-order valence-electron chi connectivity index (χ3n) is 4.16. The number of carbonyl (C=O) groups is 1. The lowest BCUT2D eigenvalue weighted by Crippen LogP contribution is -2.45. The summed E-state index contributed by atoms with van der Waals surface area (Å²) < 4.78 is 57.8. The molecule has 3 rings (SSSR count). The molecule has 144 valence electrons. The summed E-state index contributed by atoms with van der Waals surface area (Å²) >= 11 is 0. The Hall–Kier alpha value is -2.90. The molecule has 0 aliphatic heterocycles. The Morgan fingerprint density at radius 1 is 0.786 bits per heavy atom. The number of alkyl halides is 2. The lowest BCUT2D eigenvalue weighted by molar-refractivity contribution is -0.0111. The number of sulfonamides is 1. The zero-order valence-corrected chi connectivity index (χ0v) is 15.4. The number of hydrogen-bond acceptors (Lipinski definition) is 3. The Bertz CT molecular complexity index is 1040. The van der Waals surface area contributed by atoms with Gasteiger partial charge in [-0.3, -0.25) is 4.79 Å². The summed E-state index contributed by atoms with van der Waals surface area (Å²) in [6.07, 6.45) is 0. The van der Waals surface area contributed by atoms with Crippen LogP contribution in [0.4, 0.5) is 8.78 Å². The van der Waals surface area contributed by atoms with Crippen LogP contribution in [-0.2, 0) is 10.0 Å². The molecular weight excluding hydrogens is 384 g/mol. The third kappa shape index (κ3) is 4.16. The molecular formula is C21H17F2NO3S. The van der Waals surface area contributed by atoms with E-state index in [1.54, 1.807) is 18.2 Å². The van der Waals surface area contributed by atoms with E-state index in [9.17, 15) is 13.2 Å². The predicted octanol–water partition coefficient (Wildman–Crippen LogP) is 4.22. The first kappa shape index (κ1) is 19.9. The first-order valence-electron chi connectivity index (χ1n) is 8.42. The van der Waals surface area contributed by atoms with Gasteiger partial charge in [0.1, 0.15) is 6.04 Å². The molecule has 0 aliphatic rings. The van der Waals surface area contributed by atoms with Gasteiger partial charge < -0.3 is 0 Å². The minimum atomic E-state index is -4.29. The van der Waals surface area contributed by atoms with Crippen molar-refractivity contribution in [3.63, 3.8) is 0 Å². The molecule has 0 saturated carbocycles. The van der Waals surface area contributed by atoms with E-state index in [2.05, 4.69) is 0 Å². The van der Waals surface area contributed by atoms with E-state index < -0.39 is 27.8 Å². The number of halogens is 2. The summed E-state index contributed by atoms with van der Waals surface area (Å²) in [5, 5.41) is 0. The number of carbonyl (C=O) groups excluding carboxylic acids is 1. The maximum atomic E-state index is 15.2. The molecule has 3 aromatic rings. The first-order chi connectivity index (χ1) is 13.3. The number of Topliss-reactive ketones (excluding diaryl/α,β-unsaturated/α-hetero) is 1. The fraction of sp³-hybridized carbons (Fsp3) is 0.0952. The number of ketones is 1. The van der Waals surface area contributed by atoms with Crippen molar-refractivity contribution in [1.82, 2.24) is 4.72 Å². The van der Waals surface area contributed by atoms with Crippen LogP contribution in [0.3, 0.4) is 0 Å². The van der Waals surface area contributed by atoms with Gasteiger partial charge in [-0.1, -0.05) is 78.9 Å². The van der Waals surface area contributed by atoms with E-state index in [-0.39, 0.29) is 16.0 Å². The van der Waals surface area contributed by atoms with Gasteiger partial charge in [0.25, 0.3) is 0 Å². The van der Waals surface area contributed by atoms with Crippen LogP contribution in [-0.4, -0.2) is 20.1 Å². The van der Waals surface area contributed by atoms with E-state index in [0.29, 0.717) is 0 Å². The monoisotopic (exact) mass is 401 g/mol. The van der Waals surface area contributed by atoms with Crippen LogP contribution in [0.25, 0.3) is 0 Å². The lowest BCUT2D eigenvalue weighted by Gasteiger charge is -2.27. The molecule has 4 nitrogen and oxygen atoms in total. The van der Waals surface area contributed by atoms with Crippen LogP contribution in [0.5, 0.6) is 0 Å². The van der Waals surface area contributed by atoms with Gasteiger partial charge in [-0.15, -0.1) is 0 Å². The van der Waals surface area contributed by atoms with Crippen LogP contribution < -0.4 is 4.72 Å². The molecule has 7 heteroatoms.